The third kappa shape index (κ3) is 3.53. The molecule has 0 rings (SSSR count). The van der Waals surface area contributed by atoms with Gasteiger partial charge in [0.05, 0.1) is 6.10 Å². The van der Waals surface area contributed by atoms with Gasteiger partial charge in [-0.1, -0.05) is 6.08 Å². The van der Waals surface area contributed by atoms with E-state index in [-0.39, 0.29) is 6.10 Å². The van der Waals surface area contributed by atoms with Crippen LogP contribution in [-0.2, 0) is 4.74 Å². The molecule has 0 heterocycles. The number of rotatable bonds is 3. The molecule has 0 aliphatic carbocycles. The van der Waals surface area contributed by atoms with E-state index in [9.17, 15) is 0 Å². The molecule has 0 aliphatic rings. The van der Waals surface area contributed by atoms with Crippen LogP contribution >= 0.6 is 0 Å². The first-order valence-corrected chi connectivity index (χ1v) is 2.34. The van der Waals surface area contributed by atoms with E-state index in [0.717, 1.165) is 0 Å². The number of hydrogen-bond acceptors (Lipinski definition) is 1. The average molecular weight is 99.2 g/mol. The lowest BCUT2D eigenvalue weighted by atomic mass is 10.4. The Labute approximate surface area is 45.0 Å². The Balaban J connectivity index is 2.98. The van der Waals surface area contributed by atoms with Gasteiger partial charge in [-0.05, 0) is 13.8 Å². The van der Waals surface area contributed by atoms with Crippen LogP contribution in [0.5, 0.6) is 0 Å². The molecule has 41 valence electrons. The van der Waals surface area contributed by atoms with Crippen LogP contribution in [0.25, 0.3) is 0 Å². The molecule has 0 aromatic rings. The smallest absolute Gasteiger partial charge is 0.0725 e. The van der Waals surface area contributed by atoms with Crippen LogP contribution in [0.4, 0.5) is 0 Å². The summed E-state index contributed by atoms with van der Waals surface area (Å²) in [5.74, 6) is 0. The molecule has 0 fully saturated rings. The zero-order valence-corrected chi connectivity index (χ0v) is 4.68. The minimum absolute atomic E-state index is 0.150. The van der Waals surface area contributed by atoms with Crippen LogP contribution in [0, 0.1) is 6.92 Å². The fourth-order valence-corrected chi connectivity index (χ4v) is 0.254. The summed E-state index contributed by atoms with van der Waals surface area (Å²) in [6, 6.07) is 0. The predicted octanol–water partition coefficient (Wildman–Crippen LogP) is 1.41. The molecule has 7 heavy (non-hydrogen) atoms. The standard InChI is InChI=1S/C6H11O/c1-4-6(3)7-5-2/h4,6H,1-2,5H2,3H3. The lowest BCUT2D eigenvalue weighted by Gasteiger charge is -2.02. The van der Waals surface area contributed by atoms with Crippen LogP contribution in [0.3, 0.4) is 0 Å². The molecule has 1 atom stereocenters. The van der Waals surface area contributed by atoms with Gasteiger partial charge in [-0.3, -0.25) is 0 Å². The van der Waals surface area contributed by atoms with Gasteiger partial charge in [-0.25, -0.2) is 0 Å². The zero-order valence-electron chi connectivity index (χ0n) is 4.68. The Kier molecular flexibility index (Phi) is 3.71. The van der Waals surface area contributed by atoms with Crippen molar-refractivity contribution in [1.82, 2.24) is 0 Å². The third-order valence-electron chi connectivity index (χ3n) is 0.713. The van der Waals surface area contributed by atoms with Crippen molar-refractivity contribution < 1.29 is 4.74 Å². The van der Waals surface area contributed by atoms with Gasteiger partial charge >= 0.3 is 0 Å². The first-order chi connectivity index (χ1) is 3.31. The molecule has 0 spiro atoms. The van der Waals surface area contributed by atoms with Crippen LogP contribution < -0.4 is 0 Å². The van der Waals surface area contributed by atoms with Crippen molar-refractivity contribution >= 4 is 0 Å². The van der Waals surface area contributed by atoms with Crippen molar-refractivity contribution in [1.29, 1.82) is 0 Å². The molecule has 0 aliphatic heterocycles. The lowest BCUT2D eigenvalue weighted by molar-refractivity contribution is 0.122. The summed E-state index contributed by atoms with van der Waals surface area (Å²) in [4.78, 5) is 0. The highest BCUT2D eigenvalue weighted by Crippen LogP contribution is 1.87. The Morgan fingerprint density at radius 2 is 2.43 bits per heavy atom. The highest BCUT2D eigenvalue weighted by atomic mass is 16.5. The minimum atomic E-state index is 0.150. The second-order valence-electron chi connectivity index (χ2n) is 1.31. The molecular formula is C6H11O. The van der Waals surface area contributed by atoms with Gasteiger partial charge in [0.2, 0.25) is 0 Å². The highest BCUT2D eigenvalue weighted by molar-refractivity contribution is 4.74. The molecule has 1 nitrogen and oxygen atoms in total. The fraction of sp³-hybridized carbons (Fsp3) is 0.500. The Morgan fingerprint density at radius 1 is 1.86 bits per heavy atom. The van der Waals surface area contributed by atoms with Gasteiger partial charge in [-0.15, -0.1) is 6.58 Å². The van der Waals surface area contributed by atoms with E-state index < -0.39 is 0 Å². The largest absolute Gasteiger partial charge is 0.374 e. The van der Waals surface area contributed by atoms with Gasteiger partial charge in [0, 0.05) is 6.61 Å². The summed E-state index contributed by atoms with van der Waals surface area (Å²) in [5, 5.41) is 0. The van der Waals surface area contributed by atoms with Crippen LogP contribution in [-0.4, -0.2) is 12.7 Å². The van der Waals surface area contributed by atoms with E-state index >= 15 is 0 Å². The van der Waals surface area contributed by atoms with E-state index in [0.29, 0.717) is 6.61 Å². The summed E-state index contributed by atoms with van der Waals surface area (Å²) in [5.41, 5.74) is 0. The SMILES string of the molecule is [CH2]COC(C)C=C. The molecule has 0 saturated heterocycles. The monoisotopic (exact) mass is 99.1 g/mol. The molecule has 0 N–H and O–H groups in total. The second-order valence-corrected chi connectivity index (χ2v) is 1.31. The van der Waals surface area contributed by atoms with E-state index in [1.807, 2.05) is 6.92 Å². The van der Waals surface area contributed by atoms with Crippen LogP contribution in [0.15, 0.2) is 12.7 Å². The van der Waals surface area contributed by atoms with Crippen molar-refractivity contribution in [2.24, 2.45) is 0 Å². The first kappa shape index (κ1) is 6.70. The van der Waals surface area contributed by atoms with Gasteiger partial charge in [0.1, 0.15) is 0 Å². The summed E-state index contributed by atoms with van der Waals surface area (Å²) >= 11 is 0. The Hall–Kier alpha value is -0.300. The van der Waals surface area contributed by atoms with E-state index in [4.69, 9.17) is 4.74 Å². The summed E-state index contributed by atoms with van der Waals surface area (Å²) in [6.45, 7) is 9.48. The van der Waals surface area contributed by atoms with Gasteiger partial charge in [-0.2, -0.15) is 0 Å². The molecule has 1 heteroatoms. The van der Waals surface area contributed by atoms with Crippen LogP contribution in [0.2, 0.25) is 0 Å². The highest BCUT2D eigenvalue weighted by Gasteiger charge is 1.87. The predicted molar refractivity (Wildman–Crippen MR) is 31.0 cm³/mol. The van der Waals surface area contributed by atoms with Crippen molar-refractivity contribution in [2.75, 3.05) is 6.61 Å². The van der Waals surface area contributed by atoms with Crippen molar-refractivity contribution in [3.05, 3.63) is 19.6 Å². The van der Waals surface area contributed by atoms with Crippen molar-refractivity contribution in [3.63, 3.8) is 0 Å². The maximum atomic E-state index is 4.96. The Morgan fingerprint density at radius 3 is 2.57 bits per heavy atom. The van der Waals surface area contributed by atoms with Crippen LogP contribution in [0.1, 0.15) is 6.92 Å². The average Bonchev–Trinajstić information content (AvgIpc) is 1.68. The molecule has 0 aromatic heterocycles. The molecular weight excluding hydrogens is 88.1 g/mol. The van der Waals surface area contributed by atoms with Gasteiger partial charge in [0.25, 0.3) is 0 Å². The maximum absolute atomic E-state index is 4.96. The molecule has 0 aromatic carbocycles. The van der Waals surface area contributed by atoms with Gasteiger partial charge < -0.3 is 4.74 Å². The number of hydrogen-bond donors (Lipinski definition) is 0. The number of ether oxygens (including phenoxy) is 1. The van der Waals surface area contributed by atoms with Gasteiger partial charge in [0.15, 0.2) is 0 Å². The zero-order chi connectivity index (χ0) is 5.70. The molecule has 1 unspecified atom stereocenters. The van der Waals surface area contributed by atoms with Crippen molar-refractivity contribution in [3.8, 4) is 0 Å². The first-order valence-electron chi connectivity index (χ1n) is 2.34. The summed E-state index contributed by atoms with van der Waals surface area (Å²) in [6.07, 6.45) is 1.89. The van der Waals surface area contributed by atoms with E-state index in [1.165, 1.54) is 0 Å². The lowest BCUT2D eigenvalue weighted by Crippen LogP contribution is -2.02. The molecule has 0 saturated carbocycles. The quantitative estimate of drug-likeness (QED) is 0.486. The summed E-state index contributed by atoms with van der Waals surface area (Å²) < 4.78 is 4.96. The van der Waals surface area contributed by atoms with E-state index in [2.05, 4.69) is 13.5 Å². The fourth-order valence-electron chi connectivity index (χ4n) is 0.254. The minimum Gasteiger partial charge on any atom is -0.374 e. The molecule has 1 radical (unpaired) electrons. The topological polar surface area (TPSA) is 9.23 Å². The second kappa shape index (κ2) is 3.88. The normalized spacial score (nSPS) is 13.4. The Bertz CT molecular complexity index is 50.1. The molecule has 0 bridgehead atoms. The molecule has 0 amide bonds. The third-order valence-corrected chi connectivity index (χ3v) is 0.713. The van der Waals surface area contributed by atoms with Crippen molar-refractivity contribution in [2.45, 2.75) is 13.0 Å². The summed E-state index contributed by atoms with van der Waals surface area (Å²) in [7, 11) is 0. The maximum Gasteiger partial charge on any atom is 0.0725 e. The van der Waals surface area contributed by atoms with E-state index in [1.54, 1.807) is 6.08 Å².